The highest BCUT2D eigenvalue weighted by Gasteiger charge is 2.26. The van der Waals surface area contributed by atoms with Crippen molar-refractivity contribution in [1.82, 2.24) is 4.31 Å². The smallest absolute Gasteiger partial charge is 0.337 e. The highest BCUT2D eigenvalue weighted by atomic mass is 32.2. The number of hydrogen-bond acceptors (Lipinski definition) is 6. The number of carboxylic acid groups (broad SMARTS) is 1. The summed E-state index contributed by atoms with van der Waals surface area (Å²) in [6.07, 6.45) is 0. The number of anilines is 1. The Morgan fingerprint density at radius 2 is 1.93 bits per heavy atom. The first-order chi connectivity index (χ1) is 13.8. The second-order valence-corrected chi connectivity index (χ2v) is 8.52. The zero-order valence-electron chi connectivity index (χ0n) is 15.2. The maximum absolute atomic E-state index is 12.8. The second kappa shape index (κ2) is 8.67. The van der Waals surface area contributed by atoms with Crippen LogP contribution in [0.1, 0.15) is 21.5 Å². The molecular formula is C19H17N3O5S2. The van der Waals surface area contributed by atoms with Crippen LogP contribution in [0.3, 0.4) is 0 Å². The standard InChI is InChI=1S/C19H17N3O5S2/c20-12-13-4-5-17(16(10-13)19(23)24)21-18(28)14-2-1-3-15(11-14)29(25,26)22-6-8-27-9-7-22/h1-5,10-11H,6-9H2,(H,21,28)(H,23,24). The molecule has 3 rings (SSSR count). The molecule has 0 unspecified atom stereocenters. The molecule has 1 aliphatic rings. The number of thiocarbonyl (C=S) groups is 1. The van der Waals surface area contributed by atoms with Crippen molar-refractivity contribution in [2.24, 2.45) is 0 Å². The number of nitrogens with one attached hydrogen (secondary N) is 1. The van der Waals surface area contributed by atoms with Crippen molar-refractivity contribution in [1.29, 1.82) is 5.26 Å². The summed E-state index contributed by atoms with van der Waals surface area (Å²) >= 11 is 5.35. The number of hydrogen-bond donors (Lipinski definition) is 2. The fourth-order valence-corrected chi connectivity index (χ4v) is 4.52. The lowest BCUT2D eigenvalue weighted by atomic mass is 10.1. The summed E-state index contributed by atoms with van der Waals surface area (Å²) in [5, 5.41) is 21.2. The molecule has 1 aliphatic heterocycles. The van der Waals surface area contributed by atoms with Gasteiger partial charge in [0.2, 0.25) is 10.0 Å². The Morgan fingerprint density at radius 1 is 1.21 bits per heavy atom. The molecule has 1 heterocycles. The molecule has 0 bridgehead atoms. The molecule has 0 amide bonds. The maximum Gasteiger partial charge on any atom is 0.337 e. The van der Waals surface area contributed by atoms with Crippen molar-refractivity contribution in [2.75, 3.05) is 31.6 Å². The third-order valence-corrected chi connectivity index (χ3v) is 6.56. The Morgan fingerprint density at radius 3 is 2.59 bits per heavy atom. The fourth-order valence-electron chi connectivity index (χ4n) is 2.83. The minimum Gasteiger partial charge on any atom is -0.478 e. The number of sulfonamides is 1. The molecule has 2 N–H and O–H groups in total. The van der Waals surface area contributed by atoms with E-state index in [1.54, 1.807) is 12.1 Å². The van der Waals surface area contributed by atoms with Gasteiger partial charge in [0, 0.05) is 18.7 Å². The van der Waals surface area contributed by atoms with E-state index >= 15 is 0 Å². The second-order valence-electron chi connectivity index (χ2n) is 6.18. The van der Waals surface area contributed by atoms with E-state index in [2.05, 4.69) is 5.32 Å². The number of morpholine rings is 1. The van der Waals surface area contributed by atoms with Crippen molar-refractivity contribution in [3.05, 3.63) is 59.2 Å². The van der Waals surface area contributed by atoms with E-state index in [1.807, 2.05) is 6.07 Å². The first-order valence-electron chi connectivity index (χ1n) is 8.59. The Hall–Kier alpha value is -2.84. The van der Waals surface area contributed by atoms with Crippen LogP contribution in [-0.4, -0.2) is 55.1 Å². The Kier molecular flexibility index (Phi) is 6.24. The summed E-state index contributed by atoms with van der Waals surface area (Å²) < 4.78 is 32.2. The molecule has 1 fully saturated rings. The van der Waals surface area contributed by atoms with Crippen LogP contribution in [0.2, 0.25) is 0 Å². The first kappa shape index (κ1) is 20.9. The topological polar surface area (TPSA) is 120 Å². The van der Waals surface area contributed by atoms with E-state index in [-0.39, 0.29) is 39.8 Å². The predicted molar refractivity (Wildman–Crippen MR) is 109 cm³/mol. The summed E-state index contributed by atoms with van der Waals surface area (Å²) in [7, 11) is -3.69. The van der Waals surface area contributed by atoms with E-state index in [1.165, 1.54) is 34.6 Å². The van der Waals surface area contributed by atoms with Gasteiger partial charge in [0.15, 0.2) is 0 Å². The normalized spacial score (nSPS) is 14.7. The number of benzene rings is 2. The van der Waals surface area contributed by atoms with Gasteiger partial charge in [-0.05, 0) is 30.3 Å². The molecule has 2 aromatic rings. The predicted octanol–water partition coefficient (Wildman–Crippen LogP) is 2.06. The zero-order valence-corrected chi connectivity index (χ0v) is 16.8. The van der Waals surface area contributed by atoms with Crippen molar-refractivity contribution >= 4 is 38.9 Å². The van der Waals surface area contributed by atoms with Crippen LogP contribution < -0.4 is 5.32 Å². The molecule has 0 aromatic heterocycles. The van der Waals surface area contributed by atoms with Crippen LogP contribution >= 0.6 is 12.2 Å². The Bertz CT molecular complexity index is 1100. The average Bonchev–Trinajstić information content (AvgIpc) is 2.74. The fraction of sp³-hybridized carbons (Fsp3) is 0.211. The molecule has 10 heteroatoms. The van der Waals surface area contributed by atoms with Gasteiger partial charge in [0.25, 0.3) is 0 Å². The number of nitriles is 1. The van der Waals surface area contributed by atoms with Crippen molar-refractivity contribution in [2.45, 2.75) is 4.90 Å². The van der Waals surface area contributed by atoms with Crippen LogP contribution in [0.25, 0.3) is 0 Å². The lowest BCUT2D eigenvalue weighted by molar-refractivity contribution is 0.0698. The number of rotatable bonds is 5. The molecule has 0 atom stereocenters. The van der Waals surface area contributed by atoms with Gasteiger partial charge in [-0.3, -0.25) is 0 Å². The molecule has 0 saturated carbocycles. The van der Waals surface area contributed by atoms with Crippen LogP contribution in [-0.2, 0) is 14.8 Å². The largest absolute Gasteiger partial charge is 0.478 e. The van der Waals surface area contributed by atoms with Gasteiger partial charge >= 0.3 is 5.97 Å². The third-order valence-electron chi connectivity index (χ3n) is 4.33. The molecule has 29 heavy (non-hydrogen) atoms. The monoisotopic (exact) mass is 431 g/mol. The first-order valence-corrected chi connectivity index (χ1v) is 10.4. The van der Waals surface area contributed by atoms with Gasteiger partial charge in [-0.2, -0.15) is 9.57 Å². The molecule has 0 spiro atoms. The molecule has 150 valence electrons. The van der Waals surface area contributed by atoms with Crippen molar-refractivity contribution in [3.63, 3.8) is 0 Å². The summed E-state index contributed by atoms with van der Waals surface area (Å²) in [5.41, 5.74) is 0.735. The van der Waals surface area contributed by atoms with Crippen molar-refractivity contribution < 1.29 is 23.1 Å². The lowest BCUT2D eigenvalue weighted by Crippen LogP contribution is -2.40. The molecule has 8 nitrogen and oxygen atoms in total. The van der Waals surface area contributed by atoms with Gasteiger partial charge in [0.1, 0.15) is 4.99 Å². The van der Waals surface area contributed by atoms with E-state index in [0.717, 1.165) is 0 Å². The summed E-state index contributed by atoms with van der Waals surface area (Å²) in [6.45, 7) is 1.25. The van der Waals surface area contributed by atoms with Gasteiger partial charge in [-0.25, -0.2) is 13.2 Å². The van der Waals surface area contributed by atoms with E-state index in [9.17, 15) is 18.3 Å². The van der Waals surface area contributed by atoms with Crippen molar-refractivity contribution in [3.8, 4) is 6.07 Å². The third kappa shape index (κ3) is 4.60. The molecule has 0 radical (unpaired) electrons. The number of ether oxygens (including phenoxy) is 1. The number of nitrogens with zero attached hydrogens (tertiary/aromatic N) is 2. The number of carboxylic acids is 1. The van der Waals surface area contributed by atoms with Gasteiger partial charge in [-0.1, -0.05) is 24.4 Å². The minimum absolute atomic E-state index is 0.0966. The SMILES string of the molecule is N#Cc1ccc(NC(=S)c2cccc(S(=O)(=O)N3CCOCC3)c2)c(C(=O)O)c1. The van der Waals surface area contributed by atoms with Gasteiger partial charge in [0.05, 0.1) is 41.0 Å². The average molecular weight is 431 g/mol. The summed E-state index contributed by atoms with van der Waals surface area (Å²) in [5.74, 6) is -1.21. The summed E-state index contributed by atoms with van der Waals surface area (Å²) in [4.78, 5) is 11.7. The summed E-state index contributed by atoms with van der Waals surface area (Å²) in [6, 6.07) is 12.2. The highest BCUT2D eigenvalue weighted by molar-refractivity contribution is 7.89. The van der Waals surface area contributed by atoms with E-state index in [4.69, 9.17) is 22.2 Å². The van der Waals surface area contributed by atoms with Crippen LogP contribution in [0, 0.1) is 11.3 Å². The molecule has 0 aliphatic carbocycles. The molecular weight excluding hydrogens is 414 g/mol. The highest BCUT2D eigenvalue weighted by Crippen LogP contribution is 2.22. The molecule has 2 aromatic carbocycles. The van der Waals surface area contributed by atoms with Crippen LogP contribution in [0.4, 0.5) is 5.69 Å². The van der Waals surface area contributed by atoms with E-state index < -0.39 is 16.0 Å². The molecule has 1 saturated heterocycles. The maximum atomic E-state index is 12.8. The van der Waals surface area contributed by atoms with Crippen LogP contribution in [0.15, 0.2) is 47.4 Å². The van der Waals surface area contributed by atoms with Gasteiger partial charge in [-0.15, -0.1) is 0 Å². The van der Waals surface area contributed by atoms with Gasteiger partial charge < -0.3 is 15.2 Å². The quantitative estimate of drug-likeness (QED) is 0.691. The number of carbonyl (C=O) groups is 1. The number of aromatic carboxylic acids is 1. The Labute approximate surface area is 173 Å². The Balaban J connectivity index is 1.87. The zero-order chi connectivity index (χ0) is 21.0. The van der Waals surface area contributed by atoms with Crippen LogP contribution in [0.5, 0.6) is 0 Å². The van der Waals surface area contributed by atoms with E-state index in [0.29, 0.717) is 18.8 Å². The minimum atomic E-state index is -3.69. The lowest BCUT2D eigenvalue weighted by Gasteiger charge is -2.26.